The van der Waals surface area contributed by atoms with E-state index in [1.807, 2.05) is 6.07 Å². The van der Waals surface area contributed by atoms with Gasteiger partial charge in [0.05, 0.1) is 6.07 Å². The van der Waals surface area contributed by atoms with E-state index in [0.29, 0.717) is 6.54 Å². The molecule has 5 nitrogen and oxygen atoms in total. The minimum atomic E-state index is -3.32. The highest BCUT2D eigenvalue weighted by Gasteiger charge is 2.45. The second-order valence-electron chi connectivity index (χ2n) is 2.50. The van der Waals surface area contributed by atoms with Gasteiger partial charge in [-0.25, -0.2) is 0 Å². The quantitative estimate of drug-likeness (QED) is 0.506. The van der Waals surface area contributed by atoms with Gasteiger partial charge in [-0.3, -0.25) is 0 Å². The van der Waals surface area contributed by atoms with Crippen molar-refractivity contribution >= 4 is 10.2 Å². The number of hydrogen-bond acceptors (Lipinski definition) is 3. The lowest BCUT2D eigenvalue weighted by Gasteiger charge is -2.10. The molecule has 0 radical (unpaired) electrons. The first kappa shape index (κ1) is 8.46. The first-order valence-corrected chi connectivity index (χ1v) is 4.48. The lowest BCUT2D eigenvalue weighted by molar-refractivity contribution is 0.482. The molecule has 1 saturated heterocycles. The van der Waals surface area contributed by atoms with Crippen LogP contribution in [0.1, 0.15) is 0 Å². The molecule has 0 spiro atoms. The molecule has 2 atom stereocenters. The Morgan fingerprint density at radius 1 is 1.64 bits per heavy atom. The smallest absolute Gasteiger partial charge is 0.196 e. The maximum absolute atomic E-state index is 11.2. The van der Waals surface area contributed by atoms with Crippen LogP contribution >= 0.6 is 0 Å². The summed E-state index contributed by atoms with van der Waals surface area (Å²) < 4.78 is 24.6. The molecule has 1 aliphatic heterocycles. The Labute approximate surface area is 66.0 Å². The van der Waals surface area contributed by atoms with Crippen molar-refractivity contribution in [2.75, 3.05) is 20.6 Å². The van der Waals surface area contributed by atoms with Crippen LogP contribution in [0.4, 0.5) is 0 Å². The molecule has 0 amide bonds. The van der Waals surface area contributed by atoms with E-state index in [0.717, 1.165) is 8.61 Å². The van der Waals surface area contributed by atoms with Gasteiger partial charge in [-0.1, -0.05) is 0 Å². The summed E-state index contributed by atoms with van der Waals surface area (Å²) in [5.74, 6) is 0. The van der Waals surface area contributed by atoms with Crippen LogP contribution in [0.2, 0.25) is 0 Å². The van der Waals surface area contributed by atoms with Crippen molar-refractivity contribution in [2.45, 2.75) is 6.04 Å². The Morgan fingerprint density at radius 3 is 2.45 bits per heavy atom. The highest BCUT2D eigenvalue weighted by molar-refractivity contribution is 7.87. The second-order valence-corrected chi connectivity index (χ2v) is 4.60. The van der Waals surface area contributed by atoms with E-state index < -0.39 is 16.3 Å². The third kappa shape index (κ3) is 1.35. The van der Waals surface area contributed by atoms with E-state index in [1.54, 1.807) is 0 Å². The molecule has 1 heterocycles. The predicted octanol–water partition coefficient (Wildman–Crippen LogP) is -0.999. The van der Waals surface area contributed by atoms with E-state index in [2.05, 4.69) is 0 Å². The van der Waals surface area contributed by atoms with Crippen molar-refractivity contribution in [1.29, 1.82) is 5.26 Å². The fourth-order valence-electron chi connectivity index (χ4n) is 0.693. The van der Waals surface area contributed by atoms with Crippen molar-refractivity contribution in [3.63, 3.8) is 0 Å². The third-order valence-electron chi connectivity index (χ3n) is 1.47. The van der Waals surface area contributed by atoms with Crippen LogP contribution in [0.3, 0.4) is 0 Å². The highest BCUT2D eigenvalue weighted by Crippen LogP contribution is 2.22. The van der Waals surface area contributed by atoms with Crippen molar-refractivity contribution in [3.05, 3.63) is 0 Å². The first-order valence-electron chi connectivity index (χ1n) is 3.09. The summed E-state index contributed by atoms with van der Waals surface area (Å²) in [5, 5.41) is 8.35. The Balaban J connectivity index is 2.73. The first-order chi connectivity index (χ1) is 5.00. The summed E-state index contributed by atoms with van der Waals surface area (Å²) in [5.41, 5.74) is 0. The molecule has 0 aromatic carbocycles. The van der Waals surface area contributed by atoms with Crippen molar-refractivity contribution < 1.29 is 8.42 Å². The van der Waals surface area contributed by atoms with Gasteiger partial charge in [0.25, 0.3) is 10.2 Å². The average Bonchev–Trinajstić information content (AvgIpc) is 2.65. The van der Waals surface area contributed by atoms with Gasteiger partial charge < -0.3 is 0 Å². The van der Waals surface area contributed by atoms with Crippen LogP contribution in [0.15, 0.2) is 0 Å². The number of rotatable bonds is 2. The molecular weight excluding hydrogens is 166 g/mol. The molecule has 0 aromatic rings. The summed E-state index contributed by atoms with van der Waals surface area (Å²) in [6.07, 6.45) is 0. The van der Waals surface area contributed by atoms with Gasteiger partial charge in [0.15, 0.2) is 0 Å². The molecule has 6 heteroatoms. The molecule has 1 aliphatic rings. The Kier molecular flexibility index (Phi) is 1.88. The van der Waals surface area contributed by atoms with Gasteiger partial charge in [0.1, 0.15) is 6.04 Å². The van der Waals surface area contributed by atoms with Crippen LogP contribution in [0.25, 0.3) is 0 Å². The van der Waals surface area contributed by atoms with Gasteiger partial charge in [-0.05, 0) is 0 Å². The summed E-state index contributed by atoms with van der Waals surface area (Å²) in [7, 11) is -0.428. The molecule has 2 unspecified atom stereocenters. The SMILES string of the molecule is CN(C)S(=O)(=O)N1CC1C#N. The molecule has 0 saturated carbocycles. The monoisotopic (exact) mass is 175 g/mol. The second kappa shape index (κ2) is 2.44. The van der Waals surface area contributed by atoms with E-state index in [-0.39, 0.29) is 0 Å². The molecule has 1 rings (SSSR count). The van der Waals surface area contributed by atoms with E-state index in [9.17, 15) is 8.42 Å². The normalized spacial score (nSPS) is 30.0. The van der Waals surface area contributed by atoms with Crippen molar-refractivity contribution in [3.8, 4) is 6.07 Å². The average molecular weight is 175 g/mol. The van der Waals surface area contributed by atoms with E-state index >= 15 is 0 Å². The summed E-state index contributed by atoms with van der Waals surface area (Å²) >= 11 is 0. The molecular formula is C5H9N3O2S. The standard InChI is InChI=1S/C5H9N3O2S/c1-7(2)11(9,10)8-4-5(8)3-6/h5H,4H2,1-2H3. The highest BCUT2D eigenvalue weighted by atomic mass is 32.2. The van der Waals surface area contributed by atoms with Crippen LogP contribution < -0.4 is 0 Å². The molecule has 0 N–H and O–H groups in total. The van der Waals surface area contributed by atoms with E-state index in [4.69, 9.17) is 5.26 Å². The maximum Gasteiger partial charge on any atom is 0.282 e. The fraction of sp³-hybridized carbons (Fsp3) is 0.800. The molecule has 0 aromatic heterocycles. The van der Waals surface area contributed by atoms with Crippen LogP contribution in [0.5, 0.6) is 0 Å². The van der Waals surface area contributed by atoms with E-state index in [1.165, 1.54) is 14.1 Å². The molecule has 1 fully saturated rings. The Hall–Kier alpha value is -0.640. The van der Waals surface area contributed by atoms with Crippen LogP contribution in [-0.2, 0) is 10.2 Å². The summed E-state index contributed by atoms with van der Waals surface area (Å²) in [6, 6.07) is 1.43. The Morgan fingerprint density at radius 2 is 2.18 bits per heavy atom. The molecule has 11 heavy (non-hydrogen) atoms. The largest absolute Gasteiger partial charge is 0.282 e. The maximum atomic E-state index is 11.2. The third-order valence-corrected chi connectivity index (χ3v) is 3.39. The van der Waals surface area contributed by atoms with Crippen molar-refractivity contribution in [1.82, 2.24) is 8.61 Å². The van der Waals surface area contributed by atoms with Crippen LogP contribution in [-0.4, -0.2) is 43.7 Å². The van der Waals surface area contributed by atoms with Gasteiger partial charge in [-0.15, -0.1) is 0 Å². The molecule has 0 bridgehead atoms. The van der Waals surface area contributed by atoms with Gasteiger partial charge in [0, 0.05) is 20.6 Å². The molecule has 62 valence electrons. The predicted molar refractivity (Wildman–Crippen MR) is 38.7 cm³/mol. The van der Waals surface area contributed by atoms with Crippen molar-refractivity contribution in [2.24, 2.45) is 0 Å². The zero-order valence-electron chi connectivity index (χ0n) is 6.35. The molecule has 0 aliphatic carbocycles. The summed E-state index contributed by atoms with van der Waals surface area (Å²) in [4.78, 5) is 0. The van der Waals surface area contributed by atoms with Gasteiger partial charge in [-0.2, -0.15) is 22.3 Å². The van der Waals surface area contributed by atoms with Gasteiger partial charge >= 0.3 is 0 Å². The number of nitriles is 1. The lowest BCUT2D eigenvalue weighted by Crippen LogP contribution is -2.29. The summed E-state index contributed by atoms with van der Waals surface area (Å²) in [6.45, 7) is 0.330. The fourth-order valence-corrected chi connectivity index (χ4v) is 1.81. The van der Waals surface area contributed by atoms with Crippen LogP contribution in [0, 0.1) is 11.3 Å². The topological polar surface area (TPSA) is 64.2 Å². The lowest BCUT2D eigenvalue weighted by atomic mass is 10.6. The zero-order valence-corrected chi connectivity index (χ0v) is 7.17. The minimum Gasteiger partial charge on any atom is -0.196 e. The number of nitrogens with zero attached hydrogens (tertiary/aromatic N) is 3. The Bertz CT molecular complexity index is 289. The zero-order chi connectivity index (χ0) is 8.65. The number of hydrogen-bond donors (Lipinski definition) is 0. The minimum absolute atomic E-state index is 0.330. The van der Waals surface area contributed by atoms with Gasteiger partial charge in [0.2, 0.25) is 0 Å².